The van der Waals surface area contributed by atoms with Crippen LogP contribution < -0.4 is 5.32 Å². The average Bonchev–Trinajstić information content (AvgIpc) is 2.75. The van der Waals surface area contributed by atoms with Gasteiger partial charge in [0.05, 0.1) is 0 Å². The normalized spacial score (nSPS) is 10.8. The summed E-state index contributed by atoms with van der Waals surface area (Å²) in [5.41, 5.74) is 1.60. The minimum absolute atomic E-state index is 0.164. The lowest BCUT2D eigenvalue weighted by atomic mass is 10.1. The lowest BCUT2D eigenvalue weighted by molar-refractivity contribution is 0.387. The van der Waals surface area contributed by atoms with Crippen LogP contribution in [0.15, 0.2) is 22.7 Å². The van der Waals surface area contributed by atoms with Crippen molar-refractivity contribution in [3.05, 3.63) is 46.9 Å². The predicted molar refractivity (Wildman–Crippen MR) is 65.6 cm³/mol. The average molecular weight is 249 g/mol. The third-order valence-corrected chi connectivity index (χ3v) is 2.66. The van der Waals surface area contributed by atoms with E-state index >= 15 is 0 Å². The molecule has 0 saturated heterocycles. The molecule has 0 aliphatic carbocycles. The summed E-state index contributed by atoms with van der Waals surface area (Å²) in [5.74, 6) is 1.10. The van der Waals surface area contributed by atoms with E-state index in [0.717, 1.165) is 12.1 Å². The summed E-state index contributed by atoms with van der Waals surface area (Å²) in [4.78, 5) is 4.10. The zero-order valence-electron chi connectivity index (χ0n) is 10.5. The molecule has 0 saturated carbocycles. The quantitative estimate of drug-likeness (QED) is 0.825. The molecule has 0 bridgehead atoms. The van der Waals surface area contributed by atoms with Crippen LogP contribution in [-0.4, -0.2) is 16.7 Å². The van der Waals surface area contributed by atoms with E-state index in [2.05, 4.69) is 15.5 Å². The second-order valence-electron chi connectivity index (χ2n) is 4.24. The molecule has 1 aromatic heterocycles. The number of aromatic nitrogens is 2. The Morgan fingerprint density at radius 3 is 2.83 bits per heavy atom. The fraction of sp³-hybridized carbons (Fsp3) is 0.385. The lowest BCUT2D eigenvalue weighted by Gasteiger charge is -2.04. The van der Waals surface area contributed by atoms with Gasteiger partial charge in [-0.15, -0.1) is 0 Å². The standard InChI is InChI=1S/C13H16FN3O/c1-9-3-4-11(7-12(9)14)8-15-6-5-13-16-10(2)18-17-13/h3-4,7,15H,5-6,8H2,1-2H3. The van der Waals surface area contributed by atoms with Gasteiger partial charge < -0.3 is 9.84 Å². The van der Waals surface area contributed by atoms with Gasteiger partial charge in [-0.25, -0.2) is 4.39 Å². The largest absolute Gasteiger partial charge is 0.340 e. The molecule has 5 heteroatoms. The van der Waals surface area contributed by atoms with E-state index in [1.165, 1.54) is 0 Å². The summed E-state index contributed by atoms with van der Waals surface area (Å²) >= 11 is 0. The van der Waals surface area contributed by atoms with Gasteiger partial charge in [0.25, 0.3) is 0 Å². The van der Waals surface area contributed by atoms with Crippen LogP contribution in [0.3, 0.4) is 0 Å². The maximum atomic E-state index is 13.3. The van der Waals surface area contributed by atoms with Gasteiger partial charge in [-0.05, 0) is 24.1 Å². The third kappa shape index (κ3) is 3.37. The highest BCUT2D eigenvalue weighted by molar-refractivity contribution is 5.23. The molecule has 0 unspecified atom stereocenters. The molecule has 2 rings (SSSR count). The highest BCUT2D eigenvalue weighted by Gasteiger charge is 2.02. The first kappa shape index (κ1) is 12.7. The summed E-state index contributed by atoms with van der Waals surface area (Å²) in [7, 11) is 0. The van der Waals surface area contributed by atoms with Crippen LogP contribution in [0.4, 0.5) is 4.39 Å². The highest BCUT2D eigenvalue weighted by Crippen LogP contribution is 2.08. The van der Waals surface area contributed by atoms with Crippen molar-refractivity contribution in [3.8, 4) is 0 Å². The predicted octanol–water partition coefficient (Wildman–Crippen LogP) is 2.16. The summed E-state index contributed by atoms with van der Waals surface area (Å²) in [6, 6.07) is 5.26. The van der Waals surface area contributed by atoms with Gasteiger partial charge in [0.1, 0.15) is 5.82 Å². The van der Waals surface area contributed by atoms with Crippen molar-refractivity contribution in [1.82, 2.24) is 15.5 Å². The molecule has 1 aromatic carbocycles. The molecular weight excluding hydrogens is 233 g/mol. The minimum Gasteiger partial charge on any atom is -0.340 e. The smallest absolute Gasteiger partial charge is 0.223 e. The van der Waals surface area contributed by atoms with Gasteiger partial charge in [0, 0.05) is 26.4 Å². The molecule has 96 valence electrons. The Balaban J connectivity index is 1.76. The molecular formula is C13H16FN3O. The van der Waals surface area contributed by atoms with Gasteiger partial charge in [0.15, 0.2) is 5.82 Å². The maximum Gasteiger partial charge on any atom is 0.223 e. The van der Waals surface area contributed by atoms with Gasteiger partial charge in [0.2, 0.25) is 5.89 Å². The number of halogens is 1. The van der Waals surface area contributed by atoms with Crippen LogP contribution in [0.2, 0.25) is 0 Å². The molecule has 0 radical (unpaired) electrons. The Hall–Kier alpha value is -1.75. The molecule has 0 amide bonds. The van der Waals surface area contributed by atoms with Crippen LogP contribution >= 0.6 is 0 Å². The van der Waals surface area contributed by atoms with Crippen molar-refractivity contribution < 1.29 is 8.91 Å². The lowest BCUT2D eigenvalue weighted by Crippen LogP contribution is -2.17. The fourth-order valence-electron chi connectivity index (χ4n) is 1.62. The van der Waals surface area contributed by atoms with Gasteiger partial charge in [-0.1, -0.05) is 17.3 Å². The van der Waals surface area contributed by atoms with Crippen molar-refractivity contribution >= 4 is 0 Å². The number of aryl methyl sites for hydroxylation is 2. The third-order valence-electron chi connectivity index (χ3n) is 2.66. The fourth-order valence-corrected chi connectivity index (χ4v) is 1.62. The number of hydrogen-bond donors (Lipinski definition) is 1. The molecule has 0 fully saturated rings. The van der Waals surface area contributed by atoms with E-state index in [1.807, 2.05) is 6.07 Å². The van der Waals surface area contributed by atoms with Crippen LogP contribution in [-0.2, 0) is 13.0 Å². The van der Waals surface area contributed by atoms with Gasteiger partial charge in [-0.3, -0.25) is 0 Å². The van der Waals surface area contributed by atoms with E-state index < -0.39 is 0 Å². The molecule has 0 spiro atoms. The molecule has 2 aromatic rings. The zero-order chi connectivity index (χ0) is 13.0. The second-order valence-corrected chi connectivity index (χ2v) is 4.24. The van der Waals surface area contributed by atoms with Gasteiger partial charge in [-0.2, -0.15) is 4.98 Å². The number of nitrogens with one attached hydrogen (secondary N) is 1. The topological polar surface area (TPSA) is 51.0 Å². The summed E-state index contributed by atoms with van der Waals surface area (Å²) in [6.07, 6.45) is 0.700. The SMILES string of the molecule is Cc1nc(CCNCc2ccc(C)c(F)c2)no1. The number of benzene rings is 1. The van der Waals surface area contributed by atoms with Crippen molar-refractivity contribution in [3.63, 3.8) is 0 Å². The maximum absolute atomic E-state index is 13.3. The Labute approximate surface area is 105 Å². The Kier molecular flexibility index (Phi) is 4.04. The summed E-state index contributed by atoms with van der Waals surface area (Å²) in [5, 5.41) is 7.02. The van der Waals surface area contributed by atoms with E-state index in [4.69, 9.17) is 4.52 Å². The number of nitrogens with zero attached hydrogens (tertiary/aromatic N) is 2. The van der Waals surface area contributed by atoms with Gasteiger partial charge >= 0.3 is 0 Å². The van der Waals surface area contributed by atoms with E-state index in [9.17, 15) is 4.39 Å². The van der Waals surface area contributed by atoms with Crippen molar-refractivity contribution in [2.75, 3.05) is 6.54 Å². The first-order valence-electron chi connectivity index (χ1n) is 5.90. The van der Waals surface area contributed by atoms with Crippen molar-refractivity contribution in [2.45, 2.75) is 26.8 Å². The molecule has 0 aliphatic heterocycles. The Morgan fingerprint density at radius 2 is 2.17 bits per heavy atom. The second kappa shape index (κ2) is 5.73. The zero-order valence-corrected chi connectivity index (χ0v) is 10.5. The Bertz CT molecular complexity index is 525. The first-order chi connectivity index (χ1) is 8.65. The molecule has 1 heterocycles. The highest BCUT2D eigenvalue weighted by atomic mass is 19.1. The molecule has 4 nitrogen and oxygen atoms in total. The van der Waals surface area contributed by atoms with Crippen LogP contribution in [0, 0.1) is 19.7 Å². The minimum atomic E-state index is -0.164. The molecule has 0 atom stereocenters. The van der Waals surface area contributed by atoms with Crippen molar-refractivity contribution in [2.24, 2.45) is 0 Å². The molecule has 18 heavy (non-hydrogen) atoms. The van der Waals surface area contributed by atoms with Crippen LogP contribution in [0.1, 0.15) is 22.8 Å². The summed E-state index contributed by atoms with van der Waals surface area (Å²) < 4.78 is 18.2. The summed E-state index contributed by atoms with van der Waals surface area (Å²) in [6.45, 7) is 4.88. The number of hydrogen-bond acceptors (Lipinski definition) is 4. The van der Waals surface area contributed by atoms with Crippen molar-refractivity contribution in [1.29, 1.82) is 0 Å². The van der Waals surface area contributed by atoms with E-state index in [-0.39, 0.29) is 5.82 Å². The Morgan fingerprint density at radius 1 is 1.33 bits per heavy atom. The molecule has 0 aliphatic rings. The monoisotopic (exact) mass is 249 g/mol. The molecule has 1 N–H and O–H groups in total. The van der Waals surface area contributed by atoms with E-state index in [0.29, 0.717) is 30.2 Å². The van der Waals surface area contributed by atoms with E-state index in [1.54, 1.807) is 26.0 Å². The number of rotatable bonds is 5. The first-order valence-corrected chi connectivity index (χ1v) is 5.90. The van der Waals surface area contributed by atoms with Crippen LogP contribution in [0.5, 0.6) is 0 Å². The van der Waals surface area contributed by atoms with Crippen LogP contribution in [0.25, 0.3) is 0 Å².